The molecule has 0 radical (unpaired) electrons. The van der Waals surface area contributed by atoms with E-state index in [0.29, 0.717) is 6.42 Å². The van der Waals surface area contributed by atoms with Crippen LogP contribution < -0.4 is 5.32 Å². The molecule has 2 unspecified atom stereocenters. The third-order valence-corrected chi connectivity index (χ3v) is 4.09. The summed E-state index contributed by atoms with van der Waals surface area (Å²) in [4.78, 5) is 23.2. The monoisotopic (exact) mass is 295 g/mol. The molecule has 1 aliphatic heterocycles. The average molecular weight is 295 g/mol. The summed E-state index contributed by atoms with van der Waals surface area (Å²) in [7, 11) is 0. The molecule has 21 heavy (non-hydrogen) atoms. The van der Waals surface area contributed by atoms with E-state index in [1.807, 2.05) is 13.8 Å². The molecule has 1 amide bonds. The molecular weight excluding hydrogens is 270 g/mol. The van der Waals surface area contributed by atoms with Crippen molar-refractivity contribution in [2.75, 3.05) is 0 Å². The number of nitrogens with one attached hydrogen (secondary N) is 1. The summed E-state index contributed by atoms with van der Waals surface area (Å²) >= 11 is 0. The van der Waals surface area contributed by atoms with Gasteiger partial charge in [0.2, 0.25) is 12.2 Å². The summed E-state index contributed by atoms with van der Waals surface area (Å²) in [5, 5.41) is 2.90. The molecule has 1 saturated heterocycles. The minimum absolute atomic E-state index is 0.0169. The number of amides is 1. The molecule has 0 bridgehead atoms. The van der Waals surface area contributed by atoms with Crippen LogP contribution >= 0.6 is 0 Å². The highest BCUT2D eigenvalue weighted by molar-refractivity contribution is 5.76. The van der Waals surface area contributed by atoms with E-state index in [9.17, 15) is 9.59 Å². The fourth-order valence-corrected chi connectivity index (χ4v) is 2.67. The molecule has 0 spiro atoms. The third-order valence-electron chi connectivity index (χ3n) is 4.09. The first-order valence-corrected chi connectivity index (χ1v) is 7.46. The van der Waals surface area contributed by atoms with Gasteiger partial charge in [-0.1, -0.05) is 20.8 Å². The first kappa shape index (κ1) is 17.5. The lowest BCUT2D eigenvalue weighted by molar-refractivity contribution is -0.231. The highest BCUT2D eigenvalue weighted by Gasteiger charge is 2.43. The Morgan fingerprint density at radius 2 is 2.00 bits per heavy atom. The lowest BCUT2D eigenvalue weighted by Crippen LogP contribution is -2.58. The van der Waals surface area contributed by atoms with Crippen molar-refractivity contribution in [3.05, 3.63) is 0 Å². The van der Waals surface area contributed by atoms with Crippen LogP contribution in [0.5, 0.6) is 0 Å². The Labute approximate surface area is 126 Å². The van der Waals surface area contributed by atoms with Crippen molar-refractivity contribution in [2.24, 2.45) is 11.8 Å². The van der Waals surface area contributed by atoms with Crippen LogP contribution in [0.15, 0.2) is 0 Å². The van der Waals surface area contributed by atoms with Gasteiger partial charge in [-0.3, -0.25) is 9.59 Å². The van der Waals surface area contributed by atoms with E-state index in [0.717, 1.165) is 6.42 Å². The molecule has 1 rings (SSSR count). The van der Waals surface area contributed by atoms with Gasteiger partial charge in [0, 0.05) is 19.8 Å². The highest BCUT2D eigenvalue weighted by Crippen LogP contribution is 2.32. The van der Waals surface area contributed by atoms with Gasteiger partial charge in [0.05, 0.1) is 12.1 Å². The molecule has 5 heteroatoms. The first-order valence-electron chi connectivity index (χ1n) is 7.46. The maximum atomic E-state index is 11.9. The van der Waals surface area contributed by atoms with Crippen molar-refractivity contribution in [1.82, 2.24) is 5.32 Å². The van der Waals surface area contributed by atoms with Crippen LogP contribution in [0.25, 0.3) is 0 Å². The van der Waals surface area contributed by atoms with E-state index in [4.69, 9.17) is 15.9 Å². The fourth-order valence-electron chi connectivity index (χ4n) is 2.67. The van der Waals surface area contributed by atoms with E-state index < -0.39 is 12.3 Å². The van der Waals surface area contributed by atoms with E-state index in [2.05, 4.69) is 18.2 Å². The van der Waals surface area contributed by atoms with Crippen molar-refractivity contribution in [3.8, 4) is 12.3 Å². The van der Waals surface area contributed by atoms with Crippen molar-refractivity contribution in [1.29, 1.82) is 0 Å². The number of rotatable bonds is 5. The van der Waals surface area contributed by atoms with Crippen molar-refractivity contribution < 1.29 is 19.1 Å². The van der Waals surface area contributed by atoms with Crippen LogP contribution in [0.3, 0.4) is 0 Å². The van der Waals surface area contributed by atoms with Gasteiger partial charge in [0.15, 0.2) is 0 Å². The van der Waals surface area contributed by atoms with Crippen LogP contribution in [0.2, 0.25) is 0 Å². The van der Waals surface area contributed by atoms with E-state index >= 15 is 0 Å². The number of hydrogen-bond donors (Lipinski definition) is 1. The van der Waals surface area contributed by atoms with Crippen molar-refractivity contribution in [2.45, 2.75) is 65.4 Å². The number of carbonyl (C=O) groups is 2. The van der Waals surface area contributed by atoms with Gasteiger partial charge in [-0.05, 0) is 18.3 Å². The lowest BCUT2D eigenvalue weighted by atomic mass is 9.81. The summed E-state index contributed by atoms with van der Waals surface area (Å²) in [6.45, 7) is 7.50. The Hall–Kier alpha value is -1.54. The Kier molecular flexibility index (Phi) is 6.70. The number of esters is 1. The van der Waals surface area contributed by atoms with Crippen molar-refractivity contribution >= 4 is 11.9 Å². The SMILES string of the molecule is C#CCCC(=O)N[C@@H]1C(C)[C@H](C)C(CC)O[C@H]1OC(C)=O. The lowest BCUT2D eigenvalue weighted by Gasteiger charge is -2.44. The smallest absolute Gasteiger partial charge is 0.305 e. The topological polar surface area (TPSA) is 64.6 Å². The van der Waals surface area contributed by atoms with E-state index in [1.165, 1.54) is 6.92 Å². The van der Waals surface area contributed by atoms with E-state index in [-0.39, 0.29) is 36.3 Å². The normalized spacial score (nSPS) is 32.0. The molecule has 5 atom stereocenters. The maximum Gasteiger partial charge on any atom is 0.305 e. The molecular formula is C16H25NO4. The first-order chi connectivity index (χ1) is 9.90. The number of terminal acetylenes is 1. The summed E-state index contributed by atoms with van der Waals surface area (Å²) in [6, 6.07) is -0.350. The Morgan fingerprint density at radius 3 is 2.52 bits per heavy atom. The van der Waals surface area contributed by atoms with Gasteiger partial charge in [-0.2, -0.15) is 0 Å². The standard InChI is InChI=1S/C16H25NO4/c1-6-8-9-14(19)17-15-11(4)10(3)13(7-2)21-16(15)20-12(5)18/h1,10-11,13,15-16H,7-9H2,2-5H3,(H,17,19)/t10-,11?,13?,15+,16+/m0/s1. The Bertz CT molecular complexity index is 415. The molecule has 0 aromatic carbocycles. The summed E-state index contributed by atoms with van der Waals surface area (Å²) in [6.07, 6.45) is 5.92. The molecule has 1 N–H and O–H groups in total. The zero-order valence-corrected chi connectivity index (χ0v) is 13.2. The van der Waals surface area contributed by atoms with Crippen LogP contribution in [0.4, 0.5) is 0 Å². The van der Waals surface area contributed by atoms with Gasteiger partial charge in [0.1, 0.15) is 0 Å². The third kappa shape index (κ3) is 4.75. The maximum absolute atomic E-state index is 11.9. The molecule has 0 aromatic heterocycles. The van der Waals surface area contributed by atoms with Crippen molar-refractivity contribution in [3.63, 3.8) is 0 Å². The van der Waals surface area contributed by atoms with Gasteiger partial charge in [0.25, 0.3) is 0 Å². The minimum Gasteiger partial charge on any atom is -0.434 e. The fraction of sp³-hybridized carbons (Fsp3) is 0.750. The average Bonchev–Trinajstić information content (AvgIpc) is 2.43. The number of hydrogen-bond acceptors (Lipinski definition) is 4. The second-order valence-corrected chi connectivity index (χ2v) is 5.58. The second-order valence-electron chi connectivity index (χ2n) is 5.58. The van der Waals surface area contributed by atoms with Gasteiger partial charge >= 0.3 is 5.97 Å². The van der Waals surface area contributed by atoms with Gasteiger partial charge < -0.3 is 14.8 Å². The largest absolute Gasteiger partial charge is 0.434 e. The number of ether oxygens (including phenoxy) is 2. The van der Waals surface area contributed by atoms with Crippen LogP contribution in [0, 0.1) is 24.2 Å². The Balaban J connectivity index is 2.81. The zero-order chi connectivity index (χ0) is 16.0. The van der Waals surface area contributed by atoms with Gasteiger partial charge in [-0.15, -0.1) is 12.3 Å². The second kappa shape index (κ2) is 8.04. The molecule has 5 nitrogen and oxygen atoms in total. The van der Waals surface area contributed by atoms with Crippen LogP contribution in [0.1, 0.15) is 47.0 Å². The molecule has 0 aliphatic carbocycles. The molecule has 1 heterocycles. The van der Waals surface area contributed by atoms with E-state index in [1.54, 1.807) is 0 Å². The molecule has 0 saturated carbocycles. The summed E-state index contributed by atoms with van der Waals surface area (Å²) in [5.74, 6) is 2.28. The Morgan fingerprint density at radius 1 is 1.33 bits per heavy atom. The highest BCUT2D eigenvalue weighted by atomic mass is 16.7. The minimum atomic E-state index is -0.742. The quantitative estimate of drug-likeness (QED) is 0.621. The van der Waals surface area contributed by atoms with Crippen LogP contribution in [-0.2, 0) is 19.1 Å². The predicted octanol–water partition coefficient (Wildman–Crippen LogP) is 1.85. The molecule has 118 valence electrons. The molecule has 1 aliphatic rings. The predicted molar refractivity (Wildman–Crippen MR) is 79.0 cm³/mol. The summed E-state index contributed by atoms with van der Waals surface area (Å²) < 4.78 is 11.1. The number of carbonyl (C=O) groups excluding carboxylic acids is 2. The van der Waals surface area contributed by atoms with Crippen LogP contribution in [-0.4, -0.2) is 30.3 Å². The summed E-state index contributed by atoms with van der Waals surface area (Å²) in [5.41, 5.74) is 0. The molecule has 1 fully saturated rings. The van der Waals surface area contributed by atoms with Gasteiger partial charge in [-0.25, -0.2) is 0 Å². The molecule has 0 aromatic rings. The zero-order valence-electron chi connectivity index (χ0n) is 13.2.